The molecule has 0 aromatic heterocycles. The molecule has 1 aliphatic rings. The summed E-state index contributed by atoms with van der Waals surface area (Å²) in [6.45, 7) is 6.07. The highest BCUT2D eigenvalue weighted by molar-refractivity contribution is 5.99. The maximum atomic E-state index is 12.4. The van der Waals surface area contributed by atoms with Crippen molar-refractivity contribution in [3.63, 3.8) is 0 Å². The number of carbonyl (C=O) groups excluding carboxylic acids is 1. The zero-order chi connectivity index (χ0) is 14.8. The predicted molar refractivity (Wildman–Crippen MR) is 77.9 cm³/mol. The van der Waals surface area contributed by atoms with Gasteiger partial charge in [-0.1, -0.05) is 31.1 Å². The van der Waals surface area contributed by atoms with E-state index in [0.29, 0.717) is 16.5 Å². The number of carbonyl (C=O) groups is 1. The van der Waals surface area contributed by atoms with Crippen molar-refractivity contribution in [1.82, 2.24) is 4.90 Å². The summed E-state index contributed by atoms with van der Waals surface area (Å²) in [6, 6.07) is 6.82. The molecule has 1 heterocycles. The minimum absolute atomic E-state index is 0.0451. The quantitative estimate of drug-likeness (QED) is 0.375. The van der Waals surface area contributed by atoms with Crippen LogP contribution in [-0.2, 0) is 0 Å². The molecule has 1 aliphatic heterocycles. The third-order valence-corrected chi connectivity index (χ3v) is 3.94. The Labute approximate surface area is 119 Å². The van der Waals surface area contributed by atoms with Crippen molar-refractivity contribution in [2.75, 3.05) is 13.1 Å². The van der Waals surface area contributed by atoms with Gasteiger partial charge in [0.05, 0.1) is 0 Å². The van der Waals surface area contributed by atoms with Crippen LogP contribution in [0, 0.1) is 5.41 Å². The van der Waals surface area contributed by atoms with Crippen LogP contribution < -0.4 is 5.73 Å². The summed E-state index contributed by atoms with van der Waals surface area (Å²) in [5.41, 5.74) is 7.06. The monoisotopic (exact) mass is 275 g/mol. The van der Waals surface area contributed by atoms with Gasteiger partial charge in [0, 0.05) is 24.2 Å². The first-order valence-corrected chi connectivity index (χ1v) is 6.80. The molecule has 1 amide bonds. The second kappa shape index (κ2) is 5.53. The van der Waals surface area contributed by atoms with Crippen LogP contribution >= 0.6 is 0 Å². The first kappa shape index (κ1) is 14.4. The predicted octanol–water partition coefficient (Wildman–Crippen LogP) is 2.04. The van der Waals surface area contributed by atoms with Gasteiger partial charge >= 0.3 is 0 Å². The fourth-order valence-electron chi connectivity index (χ4n) is 2.34. The number of nitrogens with two attached hydrogens (primary N) is 1. The van der Waals surface area contributed by atoms with Crippen molar-refractivity contribution >= 4 is 11.7 Å². The molecule has 108 valence electrons. The Morgan fingerprint density at radius 3 is 2.20 bits per heavy atom. The Morgan fingerprint density at radius 1 is 1.20 bits per heavy atom. The van der Waals surface area contributed by atoms with Gasteiger partial charge in [-0.25, -0.2) is 0 Å². The first-order chi connectivity index (χ1) is 9.43. The van der Waals surface area contributed by atoms with Crippen LogP contribution in [0.5, 0.6) is 0 Å². The average molecular weight is 275 g/mol. The second-order valence-electron chi connectivity index (χ2n) is 6.02. The molecule has 0 unspecified atom stereocenters. The topological polar surface area (TPSA) is 78.9 Å². The summed E-state index contributed by atoms with van der Waals surface area (Å²) in [5, 5.41) is 11.5. The molecule has 3 N–H and O–H groups in total. The lowest BCUT2D eigenvalue weighted by molar-refractivity contribution is 0.0630. The Bertz CT molecular complexity index is 510. The van der Waals surface area contributed by atoms with Gasteiger partial charge in [-0.15, -0.1) is 0 Å². The van der Waals surface area contributed by atoms with E-state index in [1.165, 1.54) is 0 Å². The fraction of sp³-hybridized carbons (Fsp3) is 0.467. The van der Waals surface area contributed by atoms with E-state index in [0.717, 1.165) is 25.9 Å². The van der Waals surface area contributed by atoms with Crippen molar-refractivity contribution in [3.05, 3.63) is 35.4 Å². The number of rotatable bonds is 2. The average Bonchev–Trinajstić information content (AvgIpc) is 2.46. The number of oxime groups is 1. The maximum absolute atomic E-state index is 12.4. The smallest absolute Gasteiger partial charge is 0.253 e. The van der Waals surface area contributed by atoms with E-state index in [2.05, 4.69) is 19.0 Å². The highest BCUT2D eigenvalue weighted by Gasteiger charge is 2.28. The third-order valence-electron chi connectivity index (χ3n) is 3.94. The normalized spacial score (nSPS) is 18.9. The van der Waals surface area contributed by atoms with Crippen LogP contribution in [0.4, 0.5) is 0 Å². The van der Waals surface area contributed by atoms with Gasteiger partial charge in [0.15, 0.2) is 5.84 Å². The van der Waals surface area contributed by atoms with Crippen molar-refractivity contribution < 1.29 is 10.0 Å². The standard InChI is InChI=1S/C15H21N3O2/c1-15(2)7-9-18(10-8-15)14(19)12-5-3-11(4-6-12)13(16)17-20/h3-6,20H,7-10H2,1-2H3,(H2,16,17). The van der Waals surface area contributed by atoms with Crippen LogP contribution in [0.3, 0.4) is 0 Å². The van der Waals surface area contributed by atoms with E-state index >= 15 is 0 Å². The number of hydrogen-bond donors (Lipinski definition) is 2. The van der Waals surface area contributed by atoms with Crippen LogP contribution in [-0.4, -0.2) is 34.9 Å². The van der Waals surface area contributed by atoms with Crippen molar-refractivity contribution in [3.8, 4) is 0 Å². The summed E-state index contributed by atoms with van der Waals surface area (Å²) < 4.78 is 0. The van der Waals surface area contributed by atoms with Crippen LogP contribution in [0.1, 0.15) is 42.6 Å². The Hall–Kier alpha value is -2.04. The molecule has 5 nitrogen and oxygen atoms in total. The molecule has 0 aliphatic carbocycles. The molecule has 2 rings (SSSR count). The van der Waals surface area contributed by atoms with Gasteiger partial charge in [0.25, 0.3) is 5.91 Å². The molecule has 1 aromatic rings. The highest BCUT2D eigenvalue weighted by atomic mass is 16.4. The van der Waals surface area contributed by atoms with Crippen LogP contribution in [0.15, 0.2) is 29.4 Å². The van der Waals surface area contributed by atoms with Crippen LogP contribution in [0.25, 0.3) is 0 Å². The lowest BCUT2D eigenvalue weighted by Gasteiger charge is -2.37. The number of likely N-dealkylation sites (tertiary alicyclic amines) is 1. The molecule has 0 spiro atoms. The minimum atomic E-state index is 0.0451. The molecule has 1 fully saturated rings. The molecule has 1 aromatic carbocycles. The number of hydrogen-bond acceptors (Lipinski definition) is 3. The van der Waals surface area contributed by atoms with Crippen molar-refractivity contribution in [1.29, 1.82) is 0 Å². The second-order valence-corrected chi connectivity index (χ2v) is 6.02. The first-order valence-electron chi connectivity index (χ1n) is 6.80. The van der Waals surface area contributed by atoms with Crippen LogP contribution in [0.2, 0.25) is 0 Å². The zero-order valence-corrected chi connectivity index (χ0v) is 12.0. The fourth-order valence-corrected chi connectivity index (χ4v) is 2.34. The Balaban J connectivity index is 2.07. The summed E-state index contributed by atoms with van der Waals surface area (Å²) in [4.78, 5) is 14.3. The van der Waals surface area contributed by atoms with E-state index in [-0.39, 0.29) is 11.7 Å². The molecule has 0 atom stereocenters. The zero-order valence-electron chi connectivity index (χ0n) is 12.0. The Morgan fingerprint density at radius 2 is 1.70 bits per heavy atom. The molecule has 0 radical (unpaired) electrons. The third kappa shape index (κ3) is 3.10. The minimum Gasteiger partial charge on any atom is -0.409 e. The molecule has 0 bridgehead atoms. The summed E-state index contributed by atoms with van der Waals surface area (Å²) in [7, 11) is 0. The van der Waals surface area contributed by atoms with E-state index in [1.54, 1.807) is 24.3 Å². The van der Waals surface area contributed by atoms with Gasteiger partial charge in [-0.05, 0) is 30.4 Å². The van der Waals surface area contributed by atoms with E-state index in [1.807, 2.05) is 4.90 Å². The van der Waals surface area contributed by atoms with Crippen molar-refractivity contribution in [2.24, 2.45) is 16.3 Å². The van der Waals surface area contributed by atoms with Gasteiger partial charge in [-0.2, -0.15) is 0 Å². The van der Waals surface area contributed by atoms with Gasteiger partial charge in [-0.3, -0.25) is 4.79 Å². The van der Waals surface area contributed by atoms with Gasteiger partial charge in [0.1, 0.15) is 0 Å². The lowest BCUT2D eigenvalue weighted by atomic mass is 9.82. The van der Waals surface area contributed by atoms with E-state index < -0.39 is 0 Å². The molecule has 5 heteroatoms. The van der Waals surface area contributed by atoms with E-state index in [9.17, 15) is 4.79 Å². The summed E-state index contributed by atoms with van der Waals surface area (Å²) >= 11 is 0. The number of amidine groups is 1. The molecule has 20 heavy (non-hydrogen) atoms. The van der Waals surface area contributed by atoms with Gasteiger partial charge in [0.2, 0.25) is 0 Å². The number of piperidine rings is 1. The highest BCUT2D eigenvalue weighted by Crippen LogP contribution is 2.30. The lowest BCUT2D eigenvalue weighted by Crippen LogP contribution is -2.41. The number of benzene rings is 1. The summed E-state index contributed by atoms with van der Waals surface area (Å²) in [5.74, 6) is 0.0929. The SMILES string of the molecule is CC1(C)CCN(C(=O)c2ccc(C(N)=NO)cc2)CC1. The van der Waals surface area contributed by atoms with Crippen molar-refractivity contribution in [2.45, 2.75) is 26.7 Å². The Kier molecular flexibility index (Phi) is 3.97. The molecule has 1 saturated heterocycles. The molecular weight excluding hydrogens is 254 g/mol. The molecule has 0 saturated carbocycles. The number of amides is 1. The molecular formula is C15H21N3O2. The van der Waals surface area contributed by atoms with E-state index in [4.69, 9.17) is 10.9 Å². The largest absolute Gasteiger partial charge is 0.409 e. The number of nitrogens with zero attached hydrogens (tertiary/aromatic N) is 2. The maximum Gasteiger partial charge on any atom is 0.253 e. The summed E-state index contributed by atoms with van der Waals surface area (Å²) in [6.07, 6.45) is 2.06. The van der Waals surface area contributed by atoms with Gasteiger partial charge < -0.3 is 15.8 Å².